The van der Waals surface area contributed by atoms with Crippen LogP contribution in [0.5, 0.6) is 0 Å². The second-order valence-electron chi connectivity index (χ2n) is 4.26. The summed E-state index contributed by atoms with van der Waals surface area (Å²) in [5.74, 6) is 5.90. The molecule has 0 spiro atoms. The van der Waals surface area contributed by atoms with Gasteiger partial charge in [-0.05, 0) is 38.0 Å². The summed E-state index contributed by atoms with van der Waals surface area (Å²) < 4.78 is 18.3. The summed E-state index contributed by atoms with van der Waals surface area (Å²) >= 11 is 0. The van der Waals surface area contributed by atoms with Crippen LogP contribution in [0.2, 0.25) is 0 Å². The molecule has 0 unspecified atom stereocenters. The molecule has 0 atom stereocenters. The number of furan rings is 1. The van der Waals surface area contributed by atoms with Crippen LogP contribution in [0.1, 0.15) is 19.6 Å². The van der Waals surface area contributed by atoms with E-state index in [2.05, 4.69) is 11.8 Å². The Hall–Kier alpha value is -1.79. The van der Waals surface area contributed by atoms with Crippen molar-refractivity contribution in [2.75, 3.05) is 0 Å². The van der Waals surface area contributed by atoms with Gasteiger partial charge in [0.1, 0.15) is 11.4 Å². The zero-order valence-electron chi connectivity index (χ0n) is 9.17. The van der Waals surface area contributed by atoms with E-state index < -0.39 is 5.54 Å². The molecule has 82 valence electrons. The Kier molecular flexibility index (Phi) is 2.45. The Balaban J connectivity index is 2.43. The highest BCUT2D eigenvalue weighted by molar-refractivity contribution is 5.78. The average molecular weight is 217 g/mol. The number of fused-ring (bicyclic) bond motifs is 1. The number of benzene rings is 1. The molecule has 2 N–H and O–H groups in total. The molecular formula is C13H12FNO. The normalized spacial score (nSPS) is 11.2. The number of hydrogen-bond acceptors (Lipinski definition) is 2. The minimum absolute atomic E-state index is 0.285. The average Bonchev–Trinajstić information content (AvgIpc) is 2.55. The van der Waals surface area contributed by atoms with Crippen LogP contribution in [0.4, 0.5) is 4.39 Å². The van der Waals surface area contributed by atoms with E-state index in [1.54, 1.807) is 12.1 Å². The summed E-state index contributed by atoms with van der Waals surface area (Å²) in [6.07, 6.45) is 0. The standard InChI is InChI=1S/C13H12FNO/c1-13(2,15)6-5-11-8-9-7-10(14)3-4-12(9)16-11/h3-4,7-8H,15H2,1-2H3. The Morgan fingerprint density at radius 1 is 1.31 bits per heavy atom. The van der Waals surface area contributed by atoms with Crippen molar-refractivity contribution in [3.8, 4) is 11.8 Å². The van der Waals surface area contributed by atoms with Crippen LogP contribution in [0.15, 0.2) is 28.7 Å². The molecule has 1 aromatic carbocycles. The number of rotatable bonds is 0. The molecule has 0 radical (unpaired) electrons. The van der Waals surface area contributed by atoms with Crippen LogP contribution in [0, 0.1) is 17.7 Å². The largest absolute Gasteiger partial charge is 0.448 e. The van der Waals surface area contributed by atoms with Gasteiger partial charge in [0.05, 0.1) is 5.54 Å². The van der Waals surface area contributed by atoms with Crippen molar-refractivity contribution in [3.63, 3.8) is 0 Å². The van der Waals surface area contributed by atoms with Crippen LogP contribution in [0.3, 0.4) is 0 Å². The van der Waals surface area contributed by atoms with E-state index in [4.69, 9.17) is 10.2 Å². The number of halogens is 1. The molecule has 0 amide bonds. The molecule has 16 heavy (non-hydrogen) atoms. The van der Waals surface area contributed by atoms with E-state index in [-0.39, 0.29) is 5.82 Å². The van der Waals surface area contributed by atoms with E-state index in [9.17, 15) is 4.39 Å². The van der Waals surface area contributed by atoms with Crippen molar-refractivity contribution in [3.05, 3.63) is 35.8 Å². The first-order valence-corrected chi connectivity index (χ1v) is 4.95. The highest BCUT2D eigenvalue weighted by Gasteiger charge is 2.06. The minimum atomic E-state index is -0.565. The molecule has 0 saturated carbocycles. The fraction of sp³-hybridized carbons (Fsp3) is 0.231. The predicted octanol–water partition coefficient (Wildman–Crippen LogP) is 2.66. The van der Waals surface area contributed by atoms with E-state index in [1.807, 2.05) is 13.8 Å². The summed E-state index contributed by atoms with van der Waals surface area (Å²) in [5, 5.41) is 0.708. The molecule has 0 aliphatic carbocycles. The minimum Gasteiger partial charge on any atom is -0.448 e. The van der Waals surface area contributed by atoms with Gasteiger partial charge in [0.25, 0.3) is 0 Å². The molecule has 2 rings (SSSR count). The van der Waals surface area contributed by atoms with E-state index in [0.717, 1.165) is 0 Å². The summed E-state index contributed by atoms with van der Waals surface area (Å²) in [7, 11) is 0. The molecule has 2 aromatic rings. The molecule has 0 aliphatic rings. The maximum absolute atomic E-state index is 12.9. The third kappa shape index (κ3) is 2.41. The summed E-state index contributed by atoms with van der Waals surface area (Å²) in [6.45, 7) is 3.62. The Labute approximate surface area is 93.2 Å². The maximum Gasteiger partial charge on any atom is 0.178 e. The van der Waals surface area contributed by atoms with Crippen molar-refractivity contribution >= 4 is 11.0 Å². The zero-order valence-corrected chi connectivity index (χ0v) is 9.17. The monoisotopic (exact) mass is 217 g/mol. The van der Waals surface area contributed by atoms with Gasteiger partial charge in [-0.25, -0.2) is 4.39 Å². The third-order valence-corrected chi connectivity index (χ3v) is 1.99. The quantitative estimate of drug-likeness (QED) is 0.689. The van der Waals surface area contributed by atoms with Gasteiger partial charge in [-0.2, -0.15) is 0 Å². The molecule has 3 heteroatoms. The van der Waals surface area contributed by atoms with Crippen molar-refractivity contribution in [1.82, 2.24) is 0 Å². The molecule has 1 heterocycles. The van der Waals surface area contributed by atoms with Crippen molar-refractivity contribution in [2.45, 2.75) is 19.4 Å². The Bertz CT molecular complexity index is 581. The fourth-order valence-corrected chi connectivity index (χ4v) is 1.30. The van der Waals surface area contributed by atoms with Gasteiger partial charge in [-0.1, -0.05) is 5.92 Å². The first-order valence-electron chi connectivity index (χ1n) is 4.95. The molecule has 0 bridgehead atoms. The molecule has 0 fully saturated rings. The second-order valence-corrected chi connectivity index (χ2v) is 4.26. The van der Waals surface area contributed by atoms with Crippen molar-refractivity contribution in [1.29, 1.82) is 0 Å². The van der Waals surface area contributed by atoms with Gasteiger partial charge < -0.3 is 10.2 Å². The highest BCUT2D eigenvalue weighted by atomic mass is 19.1. The molecule has 2 nitrogen and oxygen atoms in total. The van der Waals surface area contributed by atoms with Gasteiger partial charge in [-0.3, -0.25) is 0 Å². The first-order chi connectivity index (χ1) is 7.44. The molecule has 1 aromatic heterocycles. The predicted molar refractivity (Wildman–Crippen MR) is 61.3 cm³/mol. The van der Waals surface area contributed by atoms with Gasteiger partial charge in [0.15, 0.2) is 5.76 Å². The smallest absolute Gasteiger partial charge is 0.178 e. The Morgan fingerprint density at radius 2 is 2.06 bits per heavy atom. The lowest BCUT2D eigenvalue weighted by molar-refractivity contribution is 0.596. The van der Waals surface area contributed by atoms with Gasteiger partial charge >= 0.3 is 0 Å². The lowest BCUT2D eigenvalue weighted by atomic mass is 10.1. The summed E-state index contributed by atoms with van der Waals surface area (Å²) in [5.41, 5.74) is 5.79. The highest BCUT2D eigenvalue weighted by Crippen LogP contribution is 2.19. The zero-order chi connectivity index (χ0) is 11.8. The lowest BCUT2D eigenvalue weighted by Gasteiger charge is -2.06. The third-order valence-electron chi connectivity index (χ3n) is 1.99. The Morgan fingerprint density at radius 3 is 2.75 bits per heavy atom. The first kappa shape index (κ1) is 10.7. The summed E-state index contributed by atoms with van der Waals surface area (Å²) in [6, 6.07) is 6.06. The van der Waals surface area contributed by atoms with Crippen molar-refractivity contribution < 1.29 is 8.81 Å². The fourth-order valence-electron chi connectivity index (χ4n) is 1.30. The molecular weight excluding hydrogens is 205 g/mol. The van der Waals surface area contributed by atoms with Gasteiger partial charge in [-0.15, -0.1) is 0 Å². The second kappa shape index (κ2) is 3.66. The van der Waals surface area contributed by atoms with Crippen LogP contribution in [-0.2, 0) is 0 Å². The molecule has 0 aliphatic heterocycles. The topological polar surface area (TPSA) is 39.2 Å². The maximum atomic E-state index is 12.9. The summed E-state index contributed by atoms with van der Waals surface area (Å²) in [4.78, 5) is 0. The van der Waals surface area contributed by atoms with E-state index in [1.165, 1.54) is 12.1 Å². The van der Waals surface area contributed by atoms with Crippen molar-refractivity contribution in [2.24, 2.45) is 5.73 Å². The van der Waals surface area contributed by atoms with Gasteiger partial charge in [0.2, 0.25) is 0 Å². The van der Waals surface area contributed by atoms with Gasteiger partial charge in [0, 0.05) is 11.5 Å². The van der Waals surface area contributed by atoms with Crippen LogP contribution < -0.4 is 5.73 Å². The lowest BCUT2D eigenvalue weighted by Crippen LogP contribution is -2.29. The number of nitrogens with two attached hydrogens (primary N) is 1. The van der Waals surface area contributed by atoms with E-state index in [0.29, 0.717) is 16.7 Å². The van der Waals surface area contributed by atoms with Crippen LogP contribution >= 0.6 is 0 Å². The van der Waals surface area contributed by atoms with E-state index >= 15 is 0 Å². The van der Waals surface area contributed by atoms with Crippen LogP contribution in [0.25, 0.3) is 11.0 Å². The SMILES string of the molecule is CC(C)(N)C#Cc1cc2cc(F)ccc2o1. The molecule has 0 saturated heterocycles. The number of hydrogen-bond donors (Lipinski definition) is 1. The van der Waals surface area contributed by atoms with Crippen LogP contribution in [-0.4, -0.2) is 5.54 Å².